The summed E-state index contributed by atoms with van der Waals surface area (Å²) >= 11 is 0. The predicted molar refractivity (Wildman–Crippen MR) is 54.6 cm³/mol. The zero-order valence-corrected chi connectivity index (χ0v) is 8.33. The number of nitrogen functional groups attached to an aromatic ring is 1. The first-order valence-electron chi connectivity index (χ1n) is 4.74. The lowest BCUT2D eigenvalue weighted by molar-refractivity contribution is 0.0852. The van der Waals surface area contributed by atoms with Gasteiger partial charge < -0.3 is 10.5 Å². The van der Waals surface area contributed by atoms with Crippen molar-refractivity contribution in [2.75, 3.05) is 5.73 Å². The fourth-order valence-corrected chi connectivity index (χ4v) is 1.78. The van der Waals surface area contributed by atoms with Gasteiger partial charge in [0.2, 0.25) is 5.78 Å². The number of aryl methyl sites for hydroxylation is 1. The lowest BCUT2D eigenvalue weighted by atomic mass is 10.0. The largest absolute Gasteiger partial charge is 0.481 e. The van der Waals surface area contributed by atoms with Gasteiger partial charge in [-0.1, -0.05) is 6.92 Å². The van der Waals surface area contributed by atoms with Crippen LogP contribution in [0.3, 0.4) is 0 Å². The number of anilines is 1. The van der Waals surface area contributed by atoms with Crippen LogP contribution in [0.25, 0.3) is 0 Å². The van der Waals surface area contributed by atoms with E-state index in [1.54, 1.807) is 6.07 Å². The van der Waals surface area contributed by atoms with Crippen molar-refractivity contribution in [1.29, 1.82) is 0 Å². The van der Waals surface area contributed by atoms with Crippen molar-refractivity contribution >= 4 is 11.5 Å². The van der Waals surface area contributed by atoms with Crippen LogP contribution in [0, 0.1) is 6.92 Å². The zero-order chi connectivity index (χ0) is 10.3. The second-order valence-electron chi connectivity index (χ2n) is 3.59. The van der Waals surface area contributed by atoms with E-state index in [2.05, 4.69) is 0 Å². The highest BCUT2D eigenvalue weighted by Gasteiger charge is 2.32. The second kappa shape index (κ2) is 3.01. The summed E-state index contributed by atoms with van der Waals surface area (Å²) in [7, 11) is 0. The fourth-order valence-electron chi connectivity index (χ4n) is 1.78. The van der Waals surface area contributed by atoms with Crippen molar-refractivity contribution in [3.05, 3.63) is 23.3 Å². The Morgan fingerprint density at radius 3 is 2.86 bits per heavy atom. The summed E-state index contributed by atoms with van der Waals surface area (Å²) in [6.45, 7) is 3.84. The molecule has 14 heavy (non-hydrogen) atoms. The molecule has 1 unspecified atom stereocenters. The van der Waals surface area contributed by atoms with Gasteiger partial charge in [-0.25, -0.2) is 0 Å². The number of carbonyl (C=O) groups is 1. The summed E-state index contributed by atoms with van der Waals surface area (Å²) in [4.78, 5) is 11.8. The molecule has 0 aliphatic carbocycles. The van der Waals surface area contributed by atoms with E-state index in [1.807, 2.05) is 19.9 Å². The average molecular weight is 191 g/mol. The Hall–Kier alpha value is -1.51. The number of rotatable bonds is 1. The Morgan fingerprint density at radius 2 is 2.21 bits per heavy atom. The van der Waals surface area contributed by atoms with Gasteiger partial charge in [0.05, 0.1) is 5.56 Å². The van der Waals surface area contributed by atoms with Crippen molar-refractivity contribution in [2.45, 2.75) is 26.4 Å². The topological polar surface area (TPSA) is 52.3 Å². The molecular weight excluding hydrogens is 178 g/mol. The van der Waals surface area contributed by atoms with E-state index in [-0.39, 0.29) is 11.9 Å². The molecule has 74 valence electrons. The lowest BCUT2D eigenvalue weighted by Gasteiger charge is -2.06. The van der Waals surface area contributed by atoms with Gasteiger partial charge in [0.1, 0.15) is 5.75 Å². The maximum absolute atomic E-state index is 11.8. The van der Waals surface area contributed by atoms with E-state index in [4.69, 9.17) is 10.5 Å². The average Bonchev–Trinajstić information content (AvgIpc) is 2.44. The van der Waals surface area contributed by atoms with Crippen molar-refractivity contribution < 1.29 is 9.53 Å². The van der Waals surface area contributed by atoms with Gasteiger partial charge in [0.25, 0.3) is 0 Å². The van der Waals surface area contributed by atoms with Crippen LogP contribution in [0.2, 0.25) is 0 Å². The molecule has 0 saturated heterocycles. The minimum absolute atomic E-state index is 0.0536. The Bertz CT molecular complexity index is 399. The van der Waals surface area contributed by atoms with E-state index in [1.165, 1.54) is 0 Å². The molecule has 3 nitrogen and oxygen atoms in total. The Balaban J connectivity index is 2.53. The zero-order valence-electron chi connectivity index (χ0n) is 8.33. The molecule has 1 aliphatic heterocycles. The highest BCUT2D eigenvalue weighted by molar-refractivity contribution is 6.05. The van der Waals surface area contributed by atoms with E-state index in [9.17, 15) is 4.79 Å². The number of nitrogens with two attached hydrogens (primary N) is 1. The van der Waals surface area contributed by atoms with Crippen LogP contribution < -0.4 is 10.5 Å². The molecule has 0 saturated carbocycles. The van der Waals surface area contributed by atoms with Crippen LogP contribution in [0.1, 0.15) is 29.3 Å². The Kier molecular flexibility index (Phi) is 1.95. The summed E-state index contributed by atoms with van der Waals surface area (Å²) in [6.07, 6.45) is 0.387. The number of ketones is 1. The van der Waals surface area contributed by atoms with Crippen molar-refractivity contribution in [3.8, 4) is 5.75 Å². The van der Waals surface area contributed by atoms with Gasteiger partial charge in [-0.15, -0.1) is 0 Å². The number of ether oxygens (including phenoxy) is 1. The summed E-state index contributed by atoms with van der Waals surface area (Å²) < 4.78 is 5.55. The smallest absolute Gasteiger partial charge is 0.207 e. The number of carbonyl (C=O) groups excluding carboxylic acids is 1. The number of Topliss-reactive ketones (excluding diaryl/α,β-unsaturated/α-hetero) is 1. The van der Waals surface area contributed by atoms with Crippen molar-refractivity contribution in [1.82, 2.24) is 0 Å². The predicted octanol–water partition coefficient (Wildman–Crippen LogP) is 1.93. The first-order valence-corrected chi connectivity index (χ1v) is 4.74. The molecule has 1 aromatic carbocycles. The van der Waals surface area contributed by atoms with E-state index >= 15 is 0 Å². The van der Waals surface area contributed by atoms with Crippen LogP contribution >= 0.6 is 0 Å². The molecule has 1 aromatic rings. The molecule has 1 aliphatic rings. The number of fused-ring (bicyclic) bond motifs is 1. The molecule has 0 amide bonds. The molecule has 0 fully saturated rings. The lowest BCUT2D eigenvalue weighted by Crippen LogP contribution is -2.18. The molecule has 2 rings (SSSR count). The summed E-state index contributed by atoms with van der Waals surface area (Å²) in [5.74, 6) is 0.758. The van der Waals surface area contributed by atoms with E-state index in [0.29, 0.717) is 23.4 Å². The highest BCUT2D eigenvalue weighted by atomic mass is 16.5. The van der Waals surface area contributed by atoms with Crippen LogP contribution in [0.5, 0.6) is 5.75 Å². The van der Waals surface area contributed by atoms with Gasteiger partial charge in [-0.3, -0.25) is 4.79 Å². The third kappa shape index (κ3) is 1.16. The maximum atomic E-state index is 11.8. The summed E-state index contributed by atoms with van der Waals surface area (Å²) in [5, 5.41) is 0. The van der Waals surface area contributed by atoms with Gasteiger partial charge >= 0.3 is 0 Å². The van der Waals surface area contributed by atoms with Crippen LogP contribution in [-0.4, -0.2) is 11.9 Å². The van der Waals surface area contributed by atoms with Gasteiger partial charge in [0, 0.05) is 5.69 Å². The Labute approximate surface area is 82.9 Å². The molecule has 1 atom stereocenters. The number of benzene rings is 1. The highest BCUT2D eigenvalue weighted by Crippen LogP contribution is 2.34. The fraction of sp³-hybridized carbons (Fsp3) is 0.364. The SMILES string of the molecule is CCC1Oc2c(C)cc(N)cc2C1=O. The Morgan fingerprint density at radius 1 is 1.50 bits per heavy atom. The van der Waals surface area contributed by atoms with Crippen LogP contribution in [0.4, 0.5) is 5.69 Å². The number of hydrogen-bond acceptors (Lipinski definition) is 3. The molecule has 3 heteroatoms. The summed E-state index contributed by atoms with van der Waals surface area (Å²) in [6, 6.07) is 3.52. The van der Waals surface area contributed by atoms with Gasteiger partial charge in [0.15, 0.2) is 6.10 Å². The second-order valence-corrected chi connectivity index (χ2v) is 3.59. The minimum Gasteiger partial charge on any atom is -0.481 e. The molecule has 1 heterocycles. The number of hydrogen-bond donors (Lipinski definition) is 1. The first-order chi connectivity index (χ1) is 6.63. The molecule has 2 N–H and O–H groups in total. The maximum Gasteiger partial charge on any atom is 0.207 e. The van der Waals surface area contributed by atoms with Gasteiger partial charge in [-0.2, -0.15) is 0 Å². The minimum atomic E-state index is -0.314. The molecule has 0 bridgehead atoms. The van der Waals surface area contributed by atoms with Crippen molar-refractivity contribution in [2.24, 2.45) is 0 Å². The quantitative estimate of drug-likeness (QED) is 0.690. The van der Waals surface area contributed by atoms with Crippen LogP contribution in [0.15, 0.2) is 12.1 Å². The van der Waals surface area contributed by atoms with Crippen LogP contribution in [-0.2, 0) is 0 Å². The molecule has 0 radical (unpaired) electrons. The molecule has 0 aromatic heterocycles. The molecular formula is C11H13NO2. The van der Waals surface area contributed by atoms with Crippen molar-refractivity contribution in [3.63, 3.8) is 0 Å². The van der Waals surface area contributed by atoms with E-state index in [0.717, 1.165) is 5.56 Å². The standard InChI is InChI=1S/C11H13NO2/c1-3-9-10(13)8-5-7(12)4-6(2)11(8)14-9/h4-5,9H,3,12H2,1-2H3. The summed E-state index contributed by atoms with van der Waals surface area (Å²) in [5.41, 5.74) is 7.86. The normalized spacial score (nSPS) is 19.3. The molecule has 0 spiro atoms. The third-order valence-electron chi connectivity index (χ3n) is 2.49. The van der Waals surface area contributed by atoms with E-state index < -0.39 is 0 Å². The monoisotopic (exact) mass is 191 g/mol. The third-order valence-corrected chi connectivity index (χ3v) is 2.49. The first kappa shape index (κ1) is 9.06. The van der Waals surface area contributed by atoms with Gasteiger partial charge in [-0.05, 0) is 31.0 Å².